The second-order valence-corrected chi connectivity index (χ2v) is 8.58. The standard InChI is InChI=1S/C30H21F2N5O/c31-26-7-4-8-27(29(26)32)37(25-15-13-24(14-16-25)30(38)23-5-2-1-3-6-23)19-28-35-34-20-36(28)18-22-11-9-21(17-33)10-12-22/h1-16,20H,18-19H2. The van der Waals surface area contributed by atoms with Gasteiger partial charge in [-0.05, 0) is 54.1 Å². The van der Waals surface area contributed by atoms with Crippen molar-refractivity contribution in [2.24, 2.45) is 0 Å². The topological polar surface area (TPSA) is 74.8 Å². The predicted molar refractivity (Wildman–Crippen MR) is 139 cm³/mol. The largest absolute Gasteiger partial charge is 0.331 e. The maximum Gasteiger partial charge on any atom is 0.193 e. The second-order valence-electron chi connectivity index (χ2n) is 8.58. The molecule has 38 heavy (non-hydrogen) atoms. The smallest absolute Gasteiger partial charge is 0.193 e. The fraction of sp³-hybridized carbons (Fsp3) is 0.0667. The van der Waals surface area contributed by atoms with Crippen LogP contribution in [-0.4, -0.2) is 20.5 Å². The Morgan fingerprint density at radius 2 is 1.58 bits per heavy atom. The van der Waals surface area contributed by atoms with Crippen molar-refractivity contribution in [3.63, 3.8) is 0 Å². The predicted octanol–water partition coefficient (Wildman–Crippen LogP) is 6.05. The Balaban J connectivity index is 1.47. The lowest BCUT2D eigenvalue weighted by Gasteiger charge is -2.25. The average molecular weight is 506 g/mol. The average Bonchev–Trinajstić information content (AvgIpc) is 3.40. The van der Waals surface area contributed by atoms with Crippen LogP contribution in [0.25, 0.3) is 0 Å². The van der Waals surface area contributed by atoms with Crippen LogP contribution in [0.4, 0.5) is 20.2 Å². The highest BCUT2D eigenvalue weighted by atomic mass is 19.2. The summed E-state index contributed by atoms with van der Waals surface area (Å²) in [5, 5.41) is 17.3. The molecule has 0 atom stereocenters. The number of anilines is 2. The summed E-state index contributed by atoms with van der Waals surface area (Å²) in [6.07, 6.45) is 1.56. The van der Waals surface area contributed by atoms with E-state index in [1.165, 1.54) is 12.1 Å². The van der Waals surface area contributed by atoms with Crippen LogP contribution in [0.5, 0.6) is 0 Å². The van der Waals surface area contributed by atoms with E-state index in [4.69, 9.17) is 5.26 Å². The van der Waals surface area contributed by atoms with E-state index in [2.05, 4.69) is 16.3 Å². The summed E-state index contributed by atoms with van der Waals surface area (Å²) in [6.45, 7) is 0.515. The van der Waals surface area contributed by atoms with Gasteiger partial charge in [-0.3, -0.25) is 4.79 Å². The van der Waals surface area contributed by atoms with Crippen molar-refractivity contribution in [2.75, 3.05) is 4.90 Å². The zero-order chi connectivity index (χ0) is 26.5. The van der Waals surface area contributed by atoms with Crippen LogP contribution in [-0.2, 0) is 13.1 Å². The van der Waals surface area contributed by atoms with Crippen LogP contribution < -0.4 is 4.90 Å². The first-order valence-corrected chi connectivity index (χ1v) is 11.8. The van der Waals surface area contributed by atoms with Gasteiger partial charge in [-0.2, -0.15) is 5.26 Å². The SMILES string of the molecule is N#Cc1ccc(Cn2cnnc2CN(c2ccc(C(=O)c3ccccc3)cc2)c2cccc(F)c2F)cc1. The highest BCUT2D eigenvalue weighted by Crippen LogP contribution is 2.31. The van der Waals surface area contributed by atoms with Crippen LogP contribution in [0.3, 0.4) is 0 Å². The molecule has 0 N–H and O–H groups in total. The summed E-state index contributed by atoms with van der Waals surface area (Å²) in [5.74, 6) is -1.58. The Morgan fingerprint density at radius 3 is 2.29 bits per heavy atom. The Hall–Kier alpha value is -5.16. The number of carbonyl (C=O) groups is 1. The van der Waals surface area contributed by atoms with E-state index in [1.807, 2.05) is 18.2 Å². The number of aromatic nitrogens is 3. The molecule has 0 radical (unpaired) electrons. The van der Waals surface area contributed by atoms with Gasteiger partial charge in [-0.25, -0.2) is 8.78 Å². The van der Waals surface area contributed by atoms with Gasteiger partial charge in [-0.1, -0.05) is 48.5 Å². The highest BCUT2D eigenvalue weighted by molar-refractivity contribution is 6.09. The highest BCUT2D eigenvalue weighted by Gasteiger charge is 2.20. The summed E-state index contributed by atoms with van der Waals surface area (Å²) >= 11 is 0. The molecular formula is C30H21F2N5O. The monoisotopic (exact) mass is 505 g/mol. The van der Waals surface area contributed by atoms with E-state index in [0.717, 1.165) is 11.6 Å². The summed E-state index contributed by atoms with van der Waals surface area (Å²) < 4.78 is 31.0. The minimum absolute atomic E-state index is 0.0278. The van der Waals surface area contributed by atoms with E-state index in [-0.39, 0.29) is 18.0 Å². The van der Waals surface area contributed by atoms with Crippen molar-refractivity contribution in [1.82, 2.24) is 14.8 Å². The number of carbonyl (C=O) groups excluding carboxylic acids is 1. The Labute approximate surface area is 218 Å². The minimum atomic E-state index is -0.991. The first kappa shape index (κ1) is 24.5. The zero-order valence-electron chi connectivity index (χ0n) is 20.1. The number of ketones is 1. The third kappa shape index (κ3) is 5.18. The van der Waals surface area contributed by atoms with Crippen molar-refractivity contribution in [2.45, 2.75) is 13.1 Å². The van der Waals surface area contributed by atoms with Gasteiger partial charge < -0.3 is 9.47 Å². The Morgan fingerprint density at radius 1 is 0.868 bits per heavy atom. The first-order valence-electron chi connectivity index (χ1n) is 11.8. The quantitative estimate of drug-likeness (QED) is 0.240. The number of benzene rings is 4. The van der Waals surface area contributed by atoms with Crippen molar-refractivity contribution in [1.29, 1.82) is 5.26 Å². The van der Waals surface area contributed by atoms with Gasteiger partial charge in [0.2, 0.25) is 0 Å². The number of halogens is 2. The Kier molecular flexibility index (Phi) is 7.00. The van der Waals surface area contributed by atoms with Gasteiger partial charge in [0.25, 0.3) is 0 Å². The summed E-state index contributed by atoms with van der Waals surface area (Å²) in [6, 6.07) is 28.9. The molecule has 0 saturated heterocycles. The summed E-state index contributed by atoms with van der Waals surface area (Å²) in [5.41, 5.74) is 3.09. The normalized spacial score (nSPS) is 10.7. The molecule has 1 aromatic heterocycles. The molecule has 0 bridgehead atoms. The molecule has 0 amide bonds. The molecule has 186 valence electrons. The van der Waals surface area contributed by atoms with Gasteiger partial charge in [0.1, 0.15) is 6.33 Å². The molecule has 8 heteroatoms. The zero-order valence-corrected chi connectivity index (χ0v) is 20.1. The fourth-order valence-corrected chi connectivity index (χ4v) is 4.12. The molecule has 5 aromatic rings. The molecule has 0 saturated carbocycles. The van der Waals surface area contributed by atoms with Crippen LogP contribution in [0.2, 0.25) is 0 Å². The lowest BCUT2D eigenvalue weighted by molar-refractivity contribution is 0.103. The molecule has 0 fully saturated rings. The number of rotatable bonds is 8. The fourth-order valence-electron chi connectivity index (χ4n) is 4.12. The molecule has 0 aliphatic heterocycles. The van der Waals surface area contributed by atoms with Gasteiger partial charge in [-0.15, -0.1) is 10.2 Å². The van der Waals surface area contributed by atoms with Gasteiger partial charge in [0.05, 0.1) is 30.4 Å². The maximum absolute atomic E-state index is 15.0. The molecule has 0 aliphatic carbocycles. The number of hydrogen-bond acceptors (Lipinski definition) is 5. The number of nitrogens with zero attached hydrogens (tertiary/aromatic N) is 5. The minimum Gasteiger partial charge on any atom is -0.331 e. The lowest BCUT2D eigenvalue weighted by Crippen LogP contribution is -2.21. The van der Waals surface area contributed by atoms with Crippen molar-refractivity contribution >= 4 is 17.2 Å². The van der Waals surface area contributed by atoms with Crippen molar-refractivity contribution < 1.29 is 13.6 Å². The maximum atomic E-state index is 15.0. The van der Waals surface area contributed by atoms with Crippen LogP contribution >= 0.6 is 0 Å². The van der Waals surface area contributed by atoms with Crippen LogP contribution in [0, 0.1) is 23.0 Å². The van der Waals surface area contributed by atoms with Gasteiger partial charge in [0.15, 0.2) is 23.2 Å². The molecule has 0 aliphatic rings. The molecule has 4 aromatic carbocycles. The van der Waals surface area contributed by atoms with Crippen LogP contribution in [0.1, 0.15) is 32.9 Å². The van der Waals surface area contributed by atoms with E-state index in [1.54, 1.807) is 76.5 Å². The van der Waals surface area contributed by atoms with E-state index in [9.17, 15) is 13.6 Å². The molecular weight excluding hydrogens is 484 g/mol. The molecule has 5 rings (SSSR count). The molecule has 0 spiro atoms. The molecule has 0 unspecified atom stereocenters. The molecule has 1 heterocycles. The number of hydrogen-bond donors (Lipinski definition) is 0. The third-order valence-electron chi connectivity index (χ3n) is 6.13. The number of nitriles is 1. The lowest BCUT2D eigenvalue weighted by atomic mass is 10.0. The van der Waals surface area contributed by atoms with E-state index >= 15 is 0 Å². The van der Waals surface area contributed by atoms with Gasteiger partial charge >= 0.3 is 0 Å². The summed E-state index contributed by atoms with van der Waals surface area (Å²) in [4.78, 5) is 14.4. The van der Waals surface area contributed by atoms with E-state index < -0.39 is 11.6 Å². The second kappa shape index (κ2) is 10.8. The van der Waals surface area contributed by atoms with Crippen LogP contribution in [0.15, 0.2) is 103 Å². The first-order chi connectivity index (χ1) is 18.5. The van der Waals surface area contributed by atoms with Gasteiger partial charge in [0, 0.05) is 16.8 Å². The molecule has 6 nitrogen and oxygen atoms in total. The van der Waals surface area contributed by atoms with Crippen molar-refractivity contribution in [3.8, 4) is 6.07 Å². The van der Waals surface area contributed by atoms with Crippen molar-refractivity contribution in [3.05, 3.63) is 143 Å². The van der Waals surface area contributed by atoms with E-state index in [0.29, 0.717) is 34.7 Å². The summed E-state index contributed by atoms with van der Waals surface area (Å²) in [7, 11) is 0. The Bertz CT molecular complexity index is 1610. The third-order valence-corrected chi connectivity index (χ3v) is 6.13.